The van der Waals surface area contributed by atoms with Crippen molar-refractivity contribution in [1.29, 1.82) is 0 Å². The third kappa shape index (κ3) is 5.75. The summed E-state index contributed by atoms with van der Waals surface area (Å²) in [6.45, 7) is 4.19. The van der Waals surface area contributed by atoms with Crippen LogP contribution in [0.15, 0.2) is 29.8 Å². The van der Waals surface area contributed by atoms with E-state index >= 15 is 0 Å². The summed E-state index contributed by atoms with van der Waals surface area (Å²) >= 11 is 1.62. The second-order valence-corrected chi connectivity index (χ2v) is 7.61. The SMILES string of the molecule is Cc1csc(CCNC(=O)N2CCC(C(=O)NCc3ccccn3)CC2)n1. The fourth-order valence-corrected chi connectivity index (χ4v) is 3.85. The molecule has 0 unspecified atom stereocenters. The Morgan fingerprint density at radius 1 is 1.26 bits per heavy atom. The molecule has 0 aliphatic carbocycles. The largest absolute Gasteiger partial charge is 0.350 e. The van der Waals surface area contributed by atoms with Crippen molar-refractivity contribution in [1.82, 2.24) is 25.5 Å². The Morgan fingerprint density at radius 3 is 2.74 bits per heavy atom. The average Bonchev–Trinajstić information content (AvgIpc) is 3.12. The number of aryl methyl sites for hydroxylation is 1. The number of nitrogens with one attached hydrogen (secondary N) is 2. The lowest BCUT2D eigenvalue weighted by Crippen LogP contribution is -2.47. The van der Waals surface area contributed by atoms with Gasteiger partial charge in [0.2, 0.25) is 5.91 Å². The summed E-state index contributed by atoms with van der Waals surface area (Å²) in [6.07, 6.45) is 3.84. The number of aromatic nitrogens is 2. The average molecular weight is 388 g/mol. The molecule has 0 radical (unpaired) electrons. The number of nitrogens with zero attached hydrogens (tertiary/aromatic N) is 3. The van der Waals surface area contributed by atoms with Crippen LogP contribution in [0.4, 0.5) is 4.79 Å². The molecule has 7 nitrogen and oxygen atoms in total. The molecule has 1 fully saturated rings. The highest BCUT2D eigenvalue weighted by atomic mass is 32.1. The maximum Gasteiger partial charge on any atom is 0.317 e. The molecule has 3 heterocycles. The van der Waals surface area contributed by atoms with Gasteiger partial charge in [-0.15, -0.1) is 11.3 Å². The van der Waals surface area contributed by atoms with E-state index in [9.17, 15) is 9.59 Å². The molecular formula is C19H25N5O2S. The number of likely N-dealkylation sites (tertiary alicyclic amines) is 1. The minimum atomic E-state index is -0.0596. The zero-order valence-electron chi connectivity index (χ0n) is 15.5. The van der Waals surface area contributed by atoms with Crippen LogP contribution in [0.25, 0.3) is 0 Å². The number of urea groups is 1. The number of hydrogen-bond acceptors (Lipinski definition) is 5. The molecule has 144 valence electrons. The van der Waals surface area contributed by atoms with Gasteiger partial charge in [-0.25, -0.2) is 9.78 Å². The van der Waals surface area contributed by atoms with E-state index in [1.807, 2.05) is 30.5 Å². The van der Waals surface area contributed by atoms with Crippen molar-refractivity contribution in [2.45, 2.75) is 32.7 Å². The zero-order valence-corrected chi connectivity index (χ0v) is 16.3. The first-order valence-electron chi connectivity index (χ1n) is 9.23. The van der Waals surface area contributed by atoms with E-state index < -0.39 is 0 Å². The van der Waals surface area contributed by atoms with Gasteiger partial charge in [-0.1, -0.05) is 6.07 Å². The number of thiazole rings is 1. The molecule has 0 spiro atoms. The molecular weight excluding hydrogens is 362 g/mol. The fraction of sp³-hybridized carbons (Fsp3) is 0.474. The number of carbonyl (C=O) groups is 2. The van der Waals surface area contributed by atoms with Gasteiger partial charge < -0.3 is 15.5 Å². The summed E-state index contributed by atoms with van der Waals surface area (Å²) in [7, 11) is 0. The van der Waals surface area contributed by atoms with E-state index in [1.54, 1.807) is 22.4 Å². The molecule has 2 aromatic heterocycles. The van der Waals surface area contributed by atoms with Crippen LogP contribution >= 0.6 is 11.3 Å². The summed E-state index contributed by atoms with van der Waals surface area (Å²) in [6, 6.07) is 5.58. The molecule has 3 rings (SSSR count). The molecule has 3 amide bonds. The lowest BCUT2D eigenvalue weighted by atomic mass is 9.96. The van der Waals surface area contributed by atoms with Crippen LogP contribution in [0, 0.1) is 12.8 Å². The second kappa shape index (κ2) is 9.45. The van der Waals surface area contributed by atoms with Crippen molar-refractivity contribution in [2.75, 3.05) is 19.6 Å². The number of rotatable bonds is 6. The predicted octanol–water partition coefficient (Wildman–Crippen LogP) is 2.13. The molecule has 1 saturated heterocycles. The van der Waals surface area contributed by atoms with Crippen LogP contribution in [-0.2, 0) is 17.8 Å². The first-order valence-corrected chi connectivity index (χ1v) is 10.1. The number of pyridine rings is 1. The number of amides is 3. The van der Waals surface area contributed by atoms with Crippen molar-refractivity contribution >= 4 is 23.3 Å². The topological polar surface area (TPSA) is 87.2 Å². The Hall–Kier alpha value is -2.48. The van der Waals surface area contributed by atoms with E-state index in [4.69, 9.17) is 0 Å². The minimum Gasteiger partial charge on any atom is -0.350 e. The number of piperidine rings is 1. The highest BCUT2D eigenvalue weighted by molar-refractivity contribution is 7.09. The molecule has 27 heavy (non-hydrogen) atoms. The van der Waals surface area contributed by atoms with Gasteiger partial charge in [-0.05, 0) is 31.9 Å². The molecule has 1 aliphatic heterocycles. The zero-order chi connectivity index (χ0) is 19.1. The van der Waals surface area contributed by atoms with Gasteiger partial charge in [0, 0.05) is 49.2 Å². The Morgan fingerprint density at radius 2 is 2.07 bits per heavy atom. The Labute approximate surface area is 163 Å². The van der Waals surface area contributed by atoms with E-state index in [0.29, 0.717) is 39.0 Å². The van der Waals surface area contributed by atoms with Gasteiger partial charge in [0.1, 0.15) is 0 Å². The van der Waals surface area contributed by atoms with Gasteiger partial charge in [0.15, 0.2) is 0 Å². The molecule has 0 bridgehead atoms. The summed E-state index contributed by atoms with van der Waals surface area (Å²) < 4.78 is 0. The van der Waals surface area contributed by atoms with Gasteiger partial charge in [0.25, 0.3) is 0 Å². The summed E-state index contributed by atoms with van der Waals surface area (Å²) in [5.41, 5.74) is 1.86. The van der Waals surface area contributed by atoms with E-state index in [-0.39, 0.29) is 17.9 Å². The third-order valence-corrected chi connectivity index (χ3v) is 5.63. The lowest BCUT2D eigenvalue weighted by Gasteiger charge is -2.31. The van der Waals surface area contributed by atoms with Crippen LogP contribution in [0.1, 0.15) is 29.2 Å². The van der Waals surface area contributed by atoms with E-state index in [2.05, 4.69) is 20.6 Å². The molecule has 0 saturated carbocycles. The molecule has 2 aromatic rings. The first-order chi connectivity index (χ1) is 13.1. The summed E-state index contributed by atoms with van der Waals surface area (Å²) in [5.74, 6) is -0.00379. The third-order valence-electron chi connectivity index (χ3n) is 4.60. The molecule has 8 heteroatoms. The Balaban J connectivity index is 1.35. The Bertz CT molecular complexity index is 756. The number of carbonyl (C=O) groups excluding carboxylic acids is 2. The minimum absolute atomic E-state index is 0.0415. The predicted molar refractivity (Wildman–Crippen MR) is 104 cm³/mol. The van der Waals surface area contributed by atoms with Crippen LogP contribution in [-0.4, -0.2) is 46.4 Å². The summed E-state index contributed by atoms with van der Waals surface area (Å²) in [5, 5.41) is 8.94. The van der Waals surface area contributed by atoms with Crippen molar-refractivity contribution in [2.24, 2.45) is 5.92 Å². The van der Waals surface area contributed by atoms with Crippen molar-refractivity contribution in [3.8, 4) is 0 Å². The van der Waals surface area contributed by atoms with E-state index in [0.717, 1.165) is 22.8 Å². The fourth-order valence-electron chi connectivity index (χ4n) is 3.08. The summed E-state index contributed by atoms with van der Waals surface area (Å²) in [4.78, 5) is 35.0. The van der Waals surface area contributed by atoms with E-state index in [1.165, 1.54) is 0 Å². The van der Waals surface area contributed by atoms with Gasteiger partial charge >= 0.3 is 6.03 Å². The van der Waals surface area contributed by atoms with Crippen molar-refractivity contribution < 1.29 is 9.59 Å². The highest BCUT2D eigenvalue weighted by Crippen LogP contribution is 2.17. The maximum absolute atomic E-state index is 12.3. The maximum atomic E-state index is 12.3. The van der Waals surface area contributed by atoms with Crippen LogP contribution in [0.5, 0.6) is 0 Å². The molecule has 0 atom stereocenters. The highest BCUT2D eigenvalue weighted by Gasteiger charge is 2.27. The normalized spacial score (nSPS) is 14.8. The number of hydrogen-bond donors (Lipinski definition) is 2. The van der Waals surface area contributed by atoms with Gasteiger partial charge in [0.05, 0.1) is 17.2 Å². The van der Waals surface area contributed by atoms with Gasteiger partial charge in [-0.2, -0.15) is 0 Å². The second-order valence-electron chi connectivity index (χ2n) is 6.66. The molecule has 0 aromatic carbocycles. The van der Waals surface area contributed by atoms with Crippen molar-refractivity contribution in [3.63, 3.8) is 0 Å². The lowest BCUT2D eigenvalue weighted by molar-refractivity contribution is -0.126. The molecule has 1 aliphatic rings. The van der Waals surface area contributed by atoms with Crippen LogP contribution in [0.2, 0.25) is 0 Å². The molecule has 2 N–H and O–H groups in total. The monoisotopic (exact) mass is 387 g/mol. The Kier molecular flexibility index (Phi) is 6.75. The standard InChI is InChI=1S/C19H25N5O2S/c1-14-13-27-17(23-14)5-9-21-19(26)24-10-6-15(7-11-24)18(25)22-12-16-4-2-3-8-20-16/h2-4,8,13,15H,5-7,9-12H2,1H3,(H,21,26)(H,22,25). The van der Waals surface area contributed by atoms with Crippen LogP contribution in [0.3, 0.4) is 0 Å². The quantitative estimate of drug-likeness (QED) is 0.795. The van der Waals surface area contributed by atoms with Crippen molar-refractivity contribution in [3.05, 3.63) is 46.2 Å². The van der Waals surface area contributed by atoms with Gasteiger partial charge in [-0.3, -0.25) is 9.78 Å². The smallest absolute Gasteiger partial charge is 0.317 e. The first kappa shape index (κ1) is 19.3. The van der Waals surface area contributed by atoms with Crippen LogP contribution < -0.4 is 10.6 Å².